The molecule has 4 nitrogen and oxygen atoms in total. The zero-order valence-corrected chi connectivity index (χ0v) is 12.1. The minimum absolute atomic E-state index is 0.0658. The number of cyclic esters (lactones) is 1. The summed E-state index contributed by atoms with van der Waals surface area (Å²) in [6, 6.07) is 0.0731. The fraction of sp³-hybridized carbons (Fsp3) is 0.857. The average molecular weight is 257 g/mol. The molecule has 2 heterocycles. The Kier molecular flexibility index (Phi) is 9.33. The standard InChI is InChI=1S/C8H11NO3.2C3H8/c10-7-3-1-5(9-7)6-2-4-8(11)12-6;2*1-3-2/h5-6H,1-4H2,(H,9,10);2*3H2,1-2H3/t5?,6-;;/m0../s1. The fourth-order valence-electron chi connectivity index (χ4n) is 1.75. The lowest BCUT2D eigenvalue weighted by atomic mass is 10.1. The normalized spacial score (nSPS) is 25.3. The lowest BCUT2D eigenvalue weighted by Crippen LogP contribution is -2.36. The summed E-state index contributed by atoms with van der Waals surface area (Å²) >= 11 is 0. The molecule has 0 spiro atoms. The molecule has 2 atom stereocenters. The van der Waals surface area contributed by atoms with Crippen LogP contribution in [0.4, 0.5) is 0 Å². The monoisotopic (exact) mass is 257 g/mol. The Hall–Kier alpha value is -1.06. The van der Waals surface area contributed by atoms with Gasteiger partial charge in [0.2, 0.25) is 5.91 Å². The molecule has 2 rings (SSSR count). The van der Waals surface area contributed by atoms with Gasteiger partial charge in [-0.3, -0.25) is 9.59 Å². The van der Waals surface area contributed by atoms with E-state index < -0.39 is 0 Å². The van der Waals surface area contributed by atoms with Crippen LogP contribution in [0, 0.1) is 0 Å². The molecular weight excluding hydrogens is 230 g/mol. The van der Waals surface area contributed by atoms with Gasteiger partial charge in [0.15, 0.2) is 0 Å². The number of carbonyl (C=O) groups is 2. The van der Waals surface area contributed by atoms with Gasteiger partial charge in [-0.15, -0.1) is 0 Å². The van der Waals surface area contributed by atoms with Crippen molar-refractivity contribution in [3.8, 4) is 0 Å². The molecule has 0 aliphatic carbocycles. The maximum absolute atomic E-state index is 10.8. The molecule has 0 aromatic heterocycles. The molecule has 0 aromatic carbocycles. The minimum Gasteiger partial charge on any atom is -0.460 e. The van der Waals surface area contributed by atoms with Gasteiger partial charge in [0, 0.05) is 12.8 Å². The van der Waals surface area contributed by atoms with Gasteiger partial charge in [0.05, 0.1) is 6.04 Å². The Bertz CT molecular complexity index is 227. The molecule has 2 aliphatic rings. The van der Waals surface area contributed by atoms with E-state index in [0.717, 1.165) is 12.8 Å². The molecule has 4 heteroatoms. The largest absolute Gasteiger partial charge is 0.460 e. The van der Waals surface area contributed by atoms with Crippen molar-refractivity contribution in [3.05, 3.63) is 0 Å². The third-order valence-corrected chi connectivity index (χ3v) is 2.39. The van der Waals surface area contributed by atoms with Gasteiger partial charge in [-0.05, 0) is 12.8 Å². The zero-order valence-electron chi connectivity index (χ0n) is 12.1. The van der Waals surface area contributed by atoms with E-state index in [4.69, 9.17) is 4.74 Å². The molecule has 0 bridgehead atoms. The van der Waals surface area contributed by atoms with Crippen LogP contribution < -0.4 is 5.32 Å². The smallest absolute Gasteiger partial charge is 0.306 e. The molecule has 2 aliphatic heterocycles. The zero-order chi connectivity index (χ0) is 14.0. The van der Waals surface area contributed by atoms with Crippen molar-refractivity contribution in [2.24, 2.45) is 0 Å². The van der Waals surface area contributed by atoms with Gasteiger partial charge in [-0.1, -0.05) is 40.5 Å². The molecule has 18 heavy (non-hydrogen) atoms. The molecule has 0 aromatic rings. The summed E-state index contributed by atoms with van der Waals surface area (Å²) in [4.78, 5) is 21.6. The van der Waals surface area contributed by atoms with Gasteiger partial charge in [-0.25, -0.2) is 0 Å². The third-order valence-electron chi connectivity index (χ3n) is 2.39. The lowest BCUT2D eigenvalue weighted by molar-refractivity contribution is -0.142. The Labute approximate surface area is 110 Å². The van der Waals surface area contributed by atoms with Crippen molar-refractivity contribution in [2.75, 3.05) is 0 Å². The number of amides is 1. The molecule has 106 valence electrons. The summed E-state index contributed by atoms with van der Waals surface area (Å²) in [5.41, 5.74) is 0. The Morgan fingerprint density at radius 1 is 1.06 bits per heavy atom. The first-order valence-corrected chi connectivity index (χ1v) is 7.07. The topological polar surface area (TPSA) is 55.4 Å². The Morgan fingerprint density at radius 2 is 1.61 bits per heavy atom. The van der Waals surface area contributed by atoms with E-state index in [9.17, 15) is 9.59 Å². The quantitative estimate of drug-likeness (QED) is 0.735. The van der Waals surface area contributed by atoms with Crippen molar-refractivity contribution < 1.29 is 14.3 Å². The van der Waals surface area contributed by atoms with Crippen molar-refractivity contribution >= 4 is 11.9 Å². The van der Waals surface area contributed by atoms with Crippen molar-refractivity contribution in [1.29, 1.82) is 0 Å². The highest BCUT2D eigenvalue weighted by molar-refractivity contribution is 5.79. The predicted molar refractivity (Wildman–Crippen MR) is 72.2 cm³/mol. The molecule has 0 radical (unpaired) electrons. The van der Waals surface area contributed by atoms with Crippen molar-refractivity contribution in [2.45, 2.75) is 78.4 Å². The summed E-state index contributed by atoms with van der Waals surface area (Å²) in [5, 5.41) is 2.80. The maximum atomic E-state index is 10.8. The SMILES string of the molecule is CCC.CCC.O=C1CCC([C@@H]2CCC(=O)O2)N1. The van der Waals surface area contributed by atoms with Gasteiger partial charge in [0.1, 0.15) is 6.10 Å². The summed E-state index contributed by atoms with van der Waals surface area (Å²) in [5.74, 6) is -0.0657. The van der Waals surface area contributed by atoms with Crippen LogP contribution in [0.2, 0.25) is 0 Å². The van der Waals surface area contributed by atoms with Gasteiger partial charge in [-0.2, -0.15) is 0 Å². The number of nitrogens with one attached hydrogen (secondary N) is 1. The Balaban J connectivity index is 0.000000414. The van der Waals surface area contributed by atoms with E-state index in [1.54, 1.807) is 0 Å². The number of carbonyl (C=O) groups excluding carboxylic acids is 2. The van der Waals surface area contributed by atoms with Crippen LogP contribution in [0.1, 0.15) is 66.2 Å². The number of esters is 1. The van der Waals surface area contributed by atoms with Crippen LogP contribution >= 0.6 is 0 Å². The summed E-state index contributed by atoms with van der Waals surface area (Å²) in [6.45, 7) is 8.50. The minimum atomic E-state index is -0.138. The number of hydrogen-bond donors (Lipinski definition) is 1. The lowest BCUT2D eigenvalue weighted by Gasteiger charge is -2.16. The highest BCUT2D eigenvalue weighted by Gasteiger charge is 2.35. The first-order chi connectivity index (χ1) is 8.58. The molecular formula is C14H27NO3. The second kappa shape index (κ2) is 9.92. The second-order valence-electron chi connectivity index (χ2n) is 4.69. The first kappa shape index (κ1) is 16.9. The predicted octanol–water partition coefficient (Wildman–Crippen LogP) is 2.80. The van der Waals surface area contributed by atoms with E-state index in [0.29, 0.717) is 12.8 Å². The molecule has 1 N–H and O–H groups in total. The molecule has 0 saturated carbocycles. The van der Waals surface area contributed by atoms with Crippen LogP contribution in [-0.2, 0) is 14.3 Å². The number of rotatable bonds is 1. The van der Waals surface area contributed by atoms with E-state index in [2.05, 4.69) is 33.0 Å². The molecule has 2 fully saturated rings. The molecule has 1 unspecified atom stereocenters. The number of hydrogen-bond acceptors (Lipinski definition) is 3. The van der Waals surface area contributed by atoms with Gasteiger partial charge in [0.25, 0.3) is 0 Å². The van der Waals surface area contributed by atoms with Crippen molar-refractivity contribution in [3.63, 3.8) is 0 Å². The summed E-state index contributed by atoms with van der Waals surface area (Å²) in [6.07, 6.45) is 5.06. The van der Waals surface area contributed by atoms with Crippen LogP contribution in [0.25, 0.3) is 0 Å². The second-order valence-corrected chi connectivity index (χ2v) is 4.69. The summed E-state index contributed by atoms with van der Waals surface area (Å²) < 4.78 is 5.04. The van der Waals surface area contributed by atoms with Gasteiger partial charge < -0.3 is 10.1 Å². The van der Waals surface area contributed by atoms with E-state index >= 15 is 0 Å². The van der Waals surface area contributed by atoms with Crippen molar-refractivity contribution in [1.82, 2.24) is 5.32 Å². The highest BCUT2D eigenvalue weighted by atomic mass is 16.5. The Morgan fingerprint density at radius 3 is 1.94 bits per heavy atom. The number of ether oxygens (including phenoxy) is 1. The molecule has 2 saturated heterocycles. The van der Waals surface area contributed by atoms with E-state index in [1.807, 2.05) is 0 Å². The van der Waals surface area contributed by atoms with Crippen LogP contribution in [-0.4, -0.2) is 24.0 Å². The van der Waals surface area contributed by atoms with E-state index in [1.165, 1.54) is 12.8 Å². The average Bonchev–Trinajstić information content (AvgIpc) is 2.89. The van der Waals surface area contributed by atoms with E-state index in [-0.39, 0.29) is 24.0 Å². The maximum Gasteiger partial charge on any atom is 0.306 e. The van der Waals surface area contributed by atoms with Crippen LogP contribution in [0.5, 0.6) is 0 Å². The first-order valence-electron chi connectivity index (χ1n) is 7.07. The third kappa shape index (κ3) is 6.62. The van der Waals surface area contributed by atoms with Crippen LogP contribution in [0.3, 0.4) is 0 Å². The summed E-state index contributed by atoms with van der Waals surface area (Å²) in [7, 11) is 0. The fourth-order valence-corrected chi connectivity index (χ4v) is 1.75. The highest BCUT2D eigenvalue weighted by Crippen LogP contribution is 2.22. The van der Waals surface area contributed by atoms with Gasteiger partial charge >= 0.3 is 5.97 Å². The molecule has 1 amide bonds. The van der Waals surface area contributed by atoms with Crippen LogP contribution in [0.15, 0.2) is 0 Å².